The van der Waals surface area contributed by atoms with Crippen LogP contribution in [0.1, 0.15) is 5.56 Å². The maximum Gasteiger partial charge on any atom is 0.200 e. The Balaban J connectivity index is 1.62. The maximum atomic E-state index is 13.8. The monoisotopic (exact) mass is 462 g/mol. The highest BCUT2D eigenvalue weighted by molar-refractivity contribution is 5.85. The van der Waals surface area contributed by atoms with Gasteiger partial charge in [0.05, 0.1) is 24.6 Å². The molecule has 0 aliphatic carbocycles. The van der Waals surface area contributed by atoms with E-state index in [9.17, 15) is 27.1 Å². The average molecular weight is 462 g/mol. The van der Waals surface area contributed by atoms with Crippen LogP contribution in [0.4, 0.5) is 22.0 Å². The molecule has 1 heterocycles. The van der Waals surface area contributed by atoms with Crippen molar-refractivity contribution in [2.45, 2.75) is 6.61 Å². The van der Waals surface area contributed by atoms with E-state index in [1.54, 1.807) is 18.3 Å². The Bertz CT molecular complexity index is 1310. The van der Waals surface area contributed by atoms with Gasteiger partial charge in [0, 0.05) is 22.8 Å². The molecule has 3 aromatic carbocycles. The number of hydrogen-bond donors (Lipinski definition) is 2. The van der Waals surface area contributed by atoms with Crippen molar-refractivity contribution in [3.63, 3.8) is 0 Å². The first-order valence-corrected chi connectivity index (χ1v) is 9.46. The van der Waals surface area contributed by atoms with E-state index < -0.39 is 41.3 Å². The number of aromatic nitrogens is 2. The molecular formula is C23H15F5N2O3. The van der Waals surface area contributed by atoms with Gasteiger partial charge >= 0.3 is 0 Å². The van der Waals surface area contributed by atoms with Crippen molar-refractivity contribution < 1.29 is 36.5 Å². The Morgan fingerprint density at radius 3 is 2.18 bits per heavy atom. The van der Waals surface area contributed by atoms with Gasteiger partial charge in [0.2, 0.25) is 5.82 Å². The molecule has 0 atom stereocenters. The second kappa shape index (κ2) is 8.81. The second-order valence-corrected chi connectivity index (χ2v) is 6.88. The van der Waals surface area contributed by atoms with E-state index in [2.05, 4.69) is 10.2 Å². The molecule has 0 amide bonds. The number of halogens is 5. The smallest absolute Gasteiger partial charge is 0.200 e. The van der Waals surface area contributed by atoms with Crippen LogP contribution in [0.25, 0.3) is 22.4 Å². The molecule has 0 saturated carbocycles. The molecular weight excluding hydrogens is 447 g/mol. The van der Waals surface area contributed by atoms with Gasteiger partial charge in [0.15, 0.2) is 23.3 Å². The highest BCUT2D eigenvalue weighted by Gasteiger charge is 2.26. The minimum Gasteiger partial charge on any atom is -0.507 e. The van der Waals surface area contributed by atoms with E-state index in [1.165, 1.54) is 19.2 Å². The molecule has 10 heteroatoms. The first kappa shape index (κ1) is 22.1. The third-order valence-corrected chi connectivity index (χ3v) is 4.96. The first-order valence-electron chi connectivity index (χ1n) is 9.46. The molecule has 170 valence electrons. The van der Waals surface area contributed by atoms with Gasteiger partial charge in [-0.2, -0.15) is 5.10 Å². The molecule has 4 rings (SSSR count). The van der Waals surface area contributed by atoms with Crippen LogP contribution in [0.5, 0.6) is 17.2 Å². The van der Waals surface area contributed by atoms with Gasteiger partial charge < -0.3 is 14.6 Å². The van der Waals surface area contributed by atoms with Crippen molar-refractivity contribution in [2.24, 2.45) is 0 Å². The van der Waals surface area contributed by atoms with Crippen molar-refractivity contribution in [1.29, 1.82) is 0 Å². The second-order valence-electron chi connectivity index (χ2n) is 6.88. The minimum atomic E-state index is -2.25. The Morgan fingerprint density at radius 1 is 0.848 bits per heavy atom. The van der Waals surface area contributed by atoms with Crippen LogP contribution in [0.3, 0.4) is 0 Å². The zero-order valence-electron chi connectivity index (χ0n) is 16.9. The van der Waals surface area contributed by atoms with Gasteiger partial charge in [-0.3, -0.25) is 5.10 Å². The SMILES string of the molecule is COc1ccccc1-c1cn[nH]c1-c1ccc(OCc2c(F)c(F)c(F)c(F)c2F)cc1O. The van der Waals surface area contributed by atoms with Crippen molar-refractivity contribution in [2.75, 3.05) is 7.11 Å². The fourth-order valence-corrected chi connectivity index (χ4v) is 3.31. The fraction of sp³-hybridized carbons (Fsp3) is 0.0870. The standard InChI is InChI=1S/C23H15F5N2O3/c1-32-17-5-3-2-4-12(17)14-9-29-30-23(14)13-7-6-11(8-16(13)31)33-10-15-18(24)20(26)22(28)21(27)19(15)25/h2-9,31H,10H2,1H3,(H,29,30). The van der Waals surface area contributed by atoms with Gasteiger partial charge in [-0.15, -0.1) is 0 Å². The van der Waals surface area contributed by atoms with E-state index in [1.807, 2.05) is 12.1 Å². The Hall–Kier alpha value is -4.08. The summed E-state index contributed by atoms with van der Waals surface area (Å²) in [5, 5.41) is 17.3. The van der Waals surface area contributed by atoms with Gasteiger partial charge in [0.1, 0.15) is 23.9 Å². The van der Waals surface area contributed by atoms with E-state index in [0.717, 1.165) is 11.6 Å². The number of rotatable bonds is 6. The summed E-state index contributed by atoms with van der Waals surface area (Å²) < 4.78 is 78.1. The summed E-state index contributed by atoms with van der Waals surface area (Å²) in [5.74, 6) is -10.1. The van der Waals surface area contributed by atoms with Crippen LogP contribution < -0.4 is 9.47 Å². The number of aromatic amines is 1. The number of H-pyrrole nitrogens is 1. The molecule has 4 aromatic rings. The van der Waals surface area contributed by atoms with Gasteiger partial charge in [-0.05, 0) is 18.2 Å². The fourth-order valence-electron chi connectivity index (χ4n) is 3.31. The molecule has 0 unspecified atom stereocenters. The molecule has 1 aromatic heterocycles. The van der Waals surface area contributed by atoms with E-state index in [-0.39, 0.29) is 11.5 Å². The highest BCUT2D eigenvalue weighted by atomic mass is 19.2. The van der Waals surface area contributed by atoms with Crippen molar-refractivity contribution in [1.82, 2.24) is 10.2 Å². The van der Waals surface area contributed by atoms with Crippen LogP contribution in [-0.4, -0.2) is 22.4 Å². The van der Waals surface area contributed by atoms with Crippen LogP contribution in [0.15, 0.2) is 48.7 Å². The summed E-state index contributed by atoms with van der Waals surface area (Å²) in [6, 6.07) is 11.2. The summed E-state index contributed by atoms with van der Waals surface area (Å²) >= 11 is 0. The Kier molecular flexibility index (Phi) is 5.91. The van der Waals surface area contributed by atoms with Gasteiger partial charge in [-0.25, -0.2) is 22.0 Å². The molecule has 0 aliphatic heterocycles. The summed E-state index contributed by atoms with van der Waals surface area (Å²) in [6.45, 7) is -0.943. The van der Waals surface area contributed by atoms with E-state index in [4.69, 9.17) is 9.47 Å². The molecule has 0 radical (unpaired) electrons. The summed E-state index contributed by atoms with van der Waals surface area (Å²) in [7, 11) is 1.52. The molecule has 0 fully saturated rings. The lowest BCUT2D eigenvalue weighted by molar-refractivity contribution is 0.278. The number of phenolic OH excluding ortho intramolecular Hbond substituents is 1. The third-order valence-electron chi connectivity index (χ3n) is 4.96. The number of benzene rings is 3. The molecule has 0 aliphatic rings. The number of phenols is 1. The Labute approximate surface area is 184 Å². The first-order chi connectivity index (χ1) is 15.8. The van der Waals surface area contributed by atoms with Gasteiger partial charge in [-0.1, -0.05) is 18.2 Å². The largest absolute Gasteiger partial charge is 0.507 e. The molecule has 0 spiro atoms. The predicted octanol–water partition coefficient (Wildman–Crippen LogP) is 5.73. The number of aromatic hydroxyl groups is 1. The third kappa shape index (κ3) is 3.95. The van der Waals surface area contributed by atoms with Crippen molar-refractivity contribution >= 4 is 0 Å². The molecule has 33 heavy (non-hydrogen) atoms. The van der Waals surface area contributed by atoms with Gasteiger partial charge in [0.25, 0.3) is 0 Å². The van der Waals surface area contributed by atoms with E-state index >= 15 is 0 Å². The summed E-state index contributed by atoms with van der Waals surface area (Å²) in [6.07, 6.45) is 1.56. The number of nitrogens with zero attached hydrogens (tertiary/aromatic N) is 1. The molecule has 0 bridgehead atoms. The molecule has 2 N–H and O–H groups in total. The molecule has 0 saturated heterocycles. The van der Waals surface area contributed by atoms with Crippen LogP contribution >= 0.6 is 0 Å². The highest BCUT2D eigenvalue weighted by Crippen LogP contribution is 2.40. The summed E-state index contributed by atoms with van der Waals surface area (Å²) in [4.78, 5) is 0. The zero-order chi connectivity index (χ0) is 23.7. The van der Waals surface area contributed by atoms with Crippen LogP contribution in [0.2, 0.25) is 0 Å². The topological polar surface area (TPSA) is 67.4 Å². The normalized spacial score (nSPS) is 11.0. The lowest BCUT2D eigenvalue weighted by Crippen LogP contribution is -2.09. The van der Waals surface area contributed by atoms with Crippen LogP contribution in [0, 0.1) is 29.1 Å². The predicted molar refractivity (Wildman–Crippen MR) is 108 cm³/mol. The average Bonchev–Trinajstić information content (AvgIpc) is 3.31. The number of ether oxygens (including phenoxy) is 2. The quantitative estimate of drug-likeness (QED) is 0.218. The maximum absolute atomic E-state index is 13.8. The minimum absolute atomic E-state index is 0.0569. The number of nitrogens with one attached hydrogen (secondary N) is 1. The van der Waals surface area contributed by atoms with Crippen molar-refractivity contribution in [3.8, 4) is 39.6 Å². The zero-order valence-corrected chi connectivity index (χ0v) is 16.9. The summed E-state index contributed by atoms with van der Waals surface area (Å²) in [5.41, 5.74) is 1.02. The van der Waals surface area contributed by atoms with E-state index in [0.29, 0.717) is 22.6 Å². The Morgan fingerprint density at radius 2 is 1.52 bits per heavy atom. The lowest BCUT2D eigenvalue weighted by Gasteiger charge is -2.12. The molecule has 5 nitrogen and oxygen atoms in total. The lowest BCUT2D eigenvalue weighted by atomic mass is 10.0. The number of methoxy groups -OCH3 is 1. The van der Waals surface area contributed by atoms with Crippen LogP contribution in [-0.2, 0) is 6.61 Å². The van der Waals surface area contributed by atoms with Crippen molar-refractivity contribution in [3.05, 3.63) is 83.3 Å². The number of hydrogen-bond acceptors (Lipinski definition) is 4. The number of para-hydroxylation sites is 1.